The van der Waals surface area contributed by atoms with E-state index in [4.69, 9.17) is 0 Å². The number of hydrogen-bond donors (Lipinski definition) is 0. The molecule has 4 aromatic rings. The first kappa shape index (κ1) is 20.8. The van der Waals surface area contributed by atoms with Crippen LogP contribution in [0.3, 0.4) is 0 Å². The van der Waals surface area contributed by atoms with Crippen molar-refractivity contribution in [2.75, 3.05) is 0 Å². The van der Waals surface area contributed by atoms with E-state index in [1.807, 2.05) is 50.2 Å². The zero-order valence-electron chi connectivity index (χ0n) is 17.4. The average Bonchev–Trinajstić information content (AvgIpc) is 2.80. The van der Waals surface area contributed by atoms with Gasteiger partial charge in [-0.05, 0) is 49.2 Å². The van der Waals surface area contributed by atoms with Crippen molar-refractivity contribution >= 4 is 15.6 Å². The largest absolute Gasteiger partial charge is 0.289 e. The highest BCUT2D eigenvalue weighted by atomic mass is 32.2. The summed E-state index contributed by atoms with van der Waals surface area (Å²) in [6.07, 6.45) is 0. The minimum absolute atomic E-state index is 0.0221. The Bertz CT molecular complexity index is 1320. The molecular weight excluding hydrogens is 404 g/mol. The number of rotatable bonds is 5. The van der Waals surface area contributed by atoms with E-state index >= 15 is 0 Å². The summed E-state index contributed by atoms with van der Waals surface area (Å²) < 4.78 is 25.7. The summed E-state index contributed by atoms with van der Waals surface area (Å²) >= 11 is 0. The Morgan fingerprint density at radius 3 is 1.29 bits per heavy atom. The Hall–Kier alpha value is -3.50. The van der Waals surface area contributed by atoms with Crippen LogP contribution in [0.2, 0.25) is 0 Å². The summed E-state index contributed by atoms with van der Waals surface area (Å²) in [4.78, 5) is 13.2. The van der Waals surface area contributed by atoms with Gasteiger partial charge < -0.3 is 0 Å². The minimum Gasteiger partial charge on any atom is -0.289 e. The van der Waals surface area contributed by atoms with Gasteiger partial charge in [0.25, 0.3) is 0 Å². The molecule has 0 N–H and O–H groups in total. The van der Waals surface area contributed by atoms with Crippen LogP contribution in [-0.2, 0) is 9.84 Å². The highest BCUT2D eigenvalue weighted by Gasteiger charge is 2.17. The van der Waals surface area contributed by atoms with Crippen LogP contribution in [0.5, 0.6) is 0 Å². The van der Waals surface area contributed by atoms with E-state index in [0.29, 0.717) is 11.1 Å². The van der Waals surface area contributed by atoms with Crippen molar-refractivity contribution < 1.29 is 13.2 Å². The molecule has 154 valence electrons. The smallest absolute Gasteiger partial charge is 0.206 e. The molecule has 4 rings (SSSR count). The van der Waals surface area contributed by atoms with Gasteiger partial charge in [0.2, 0.25) is 9.84 Å². The molecule has 0 saturated heterocycles. The lowest BCUT2D eigenvalue weighted by Gasteiger charge is -2.08. The van der Waals surface area contributed by atoms with Gasteiger partial charge >= 0.3 is 0 Å². The Morgan fingerprint density at radius 1 is 0.516 bits per heavy atom. The molecule has 4 aromatic carbocycles. The van der Waals surface area contributed by atoms with Gasteiger partial charge in [-0.3, -0.25) is 4.79 Å². The molecule has 0 fully saturated rings. The van der Waals surface area contributed by atoms with Crippen LogP contribution in [-0.4, -0.2) is 14.2 Å². The van der Waals surface area contributed by atoms with Crippen molar-refractivity contribution in [2.45, 2.75) is 23.6 Å². The molecule has 31 heavy (non-hydrogen) atoms. The predicted molar refractivity (Wildman–Crippen MR) is 123 cm³/mol. The second-order valence-corrected chi connectivity index (χ2v) is 9.56. The normalized spacial score (nSPS) is 11.3. The van der Waals surface area contributed by atoms with Crippen LogP contribution >= 0.6 is 0 Å². The molecule has 0 atom stereocenters. The summed E-state index contributed by atoms with van der Waals surface area (Å²) in [5.41, 5.74) is 5.20. The molecule has 0 aromatic heterocycles. The van der Waals surface area contributed by atoms with Gasteiger partial charge in [-0.25, -0.2) is 8.42 Å². The van der Waals surface area contributed by atoms with Gasteiger partial charge in [0, 0.05) is 11.1 Å². The van der Waals surface area contributed by atoms with Crippen LogP contribution in [0, 0.1) is 13.8 Å². The number of aryl methyl sites for hydroxylation is 2. The molecule has 0 amide bonds. The quantitative estimate of drug-likeness (QED) is 0.366. The van der Waals surface area contributed by atoms with Crippen molar-refractivity contribution in [2.24, 2.45) is 0 Å². The summed E-state index contributed by atoms with van der Waals surface area (Å²) in [6, 6.07) is 28.5. The number of sulfone groups is 1. The predicted octanol–water partition coefficient (Wildman–Crippen LogP) is 6.03. The van der Waals surface area contributed by atoms with E-state index in [2.05, 4.69) is 0 Å². The SMILES string of the molecule is Cc1ccc(C(=O)c2ccc(-c3ccc(S(=O)(=O)c4ccc(C)cc4)cc3)cc2)cc1. The van der Waals surface area contributed by atoms with Gasteiger partial charge in [-0.1, -0.05) is 83.9 Å². The Kier molecular flexibility index (Phi) is 5.57. The average molecular weight is 427 g/mol. The molecule has 4 heteroatoms. The maximum atomic E-state index is 12.8. The van der Waals surface area contributed by atoms with Gasteiger partial charge in [0.1, 0.15) is 0 Å². The molecule has 0 aliphatic carbocycles. The first-order valence-corrected chi connectivity index (χ1v) is 11.5. The number of ketones is 1. The van der Waals surface area contributed by atoms with E-state index in [-0.39, 0.29) is 15.6 Å². The zero-order valence-corrected chi connectivity index (χ0v) is 18.2. The number of hydrogen-bond acceptors (Lipinski definition) is 3. The molecule has 0 heterocycles. The molecule has 0 bridgehead atoms. The second kappa shape index (κ2) is 8.32. The van der Waals surface area contributed by atoms with Crippen molar-refractivity contribution in [3.8, 4) is 11.1 Å². The van der Waals surface area contributed by atoms with Gasteiger partial charge in [0.15, 0.2) is 5.78 Å². The molecule has 0 spiro atoms. The van der Waals surface area contributed by atoms with Crippen LogP contribution in [0.25, 0.3) is 11.1 Å². The fourth-order valence-corrected chi connectivity index (χ4v) is 4.63. The Labute approximate surface area is 182 Å². The van der Waals surface area contributed by atoms with Gasteiger partial charge in [0.05, 0.1) is 9.79 Å². The molecule has 0 radical (unpaired) electrons. The fraction of sp³-hybridized carbons (Fsp3) is 0.0741. The third-order valence-electron chi connectivity index (χ3n) is 5.29. The number of carbonyl (C=O) groups is 1. The zero-order chi connectivity index (χ0) is 22.0. The van der Waals surface area contributed by atoms with Crippen LogP contribution in [0.4, 0.5) is 0 Å². The van der Waals surface area contributed by atoms with E-state index < -0.39 is 9.84 Å². The molecule has 0 aliphatic heterocycles. The van der Waals surface area contributed by atoms with Gasteiger partial charge in [-0.15, -0.1) is 0 Å². The maximum absolute atomic E-state index is 12.8. The van der Waals surface area contributed by atoms with Crippen LogP contribution < -0.4 is 0 Å². The van der Waals surface area contributed by atoms with E-state index in [1.54, 1.807) is 60.7 Å². The highest BCUT2D eigenvalue weighted by Crippen LogP contribution is 2.26. The molecule has 0 unspecified atom stereocenters. The van der Waals surface area contributed by atoms with Crippen LogP contribution in [0.1, 0.15) is 27.0 Å². The number of carbonyl (C=O) groups excluding carboxylic acids is 1. The van der Waals surface area contributed by atoms with Crippen LogP contribution in [0.15, 0.2) is 107 Å². The Morgan fingerprint density at radius 2 is 0.839 bits per heavy atom. The lowest BCUT2D eigenvalue weighted by atomic mass is 9.99. The third kappa shape index (κ3) is 4.35. The summed E-state index contributed by atoms with van der Waals surface area (Å²) in [5.74, 6) is -0.0221. The summed E-state index contributed by atoms with van der Waals surface area (Å²) in [5, 5.41) is 0. The van der Waals surface area contributed by atoms with Crippen molar-refractivity contribution in [1.82, 2.24) is 0 Å². The molecule has 0 aliphatic rings. The highest BCUT2D eigenvalue weighted by molar-refractivity contribution is 7.91. The number of benzene rings is 4. The van der Waals surface area contributed by atoms with Crippen molar-refractivity contribution in [3.05, 3.63) is 119 Å². The van der Waals surface area contributed by atoms with Gasteiger partial charge in [-0.2, -0.15) is 0 Å². The maximum Gasteiger partial charge on any atom is 0.206 e. The third-order valence-corrected chi connectivity index (χ3v) is 7.08. The topological polar surface area (TPSA) is 51.2 Å². The Balaban J connectivity index is 1.56. The first-order valence-electron chi connectivity index (χ1n) is 9.98. The van der Waals surface area contributed by atoms with Crippen molar-refractivity contribution in [1.29, 1.82) is 0 Å². The second-order valence-electron chi connectivity index (χ2n) is 7.61. The monoisotopic (exact) mass is 426 g/mol. The van der Waals surface area contributed by atoms with E-state index in [1.165, 1.54) is 0 Å². The molecular formula is C27H22O3S. The molecule has 0 saturated carbocycles. The minimum atomic E-state index is -3.55. The van der Waals surface area contributed by atoms with E-state index in [9.17, 15) is 13.2 Å². The fourth-order valence-electron chi connectivity index (χ4n) is 3.37. The summed E-state index contributed by atoms with van der Waals surface area (Å²) in [7, 11) is -3.55. The molecule has 3 nitrogen and oxygen atoms in total. The lowest BCUT2D eigenvalue weighted by Crippen LogP contribution is -2.02. The standard InChI is InChI=1S/C27H22O3S/c1-19-3-7-23(8-4-19)27(28)24-11-9-21(10-12-24)22-13-17-26(18-14-22)31(29,30)25-15-5-20(2)6-16-25/h3-18H,1-2H3. The first-order chi connectivity index (χ1) is 14.8. The summed E-state index contributed by atoms with van der Waals surface area (Å²) in [6.45, 7) is 3.91. The van der Waals surface area contributed by atoms with E-state index in [0.717, 1.165) is 22.3 Å². The lowest BCUT2D eigenvalue weighted by molar-refractivity contribution is 0.103. The van der Waals surface area contributed by atoms with Crippen molar-refractivity contribution in [3.63, 3.8) is 0 Å².